The van der Waals surface area contributed by atoms with Gasteiger partial charge in [-0.15, -0.1) is 0 Å². The summed E-state index contributed by atoms with van der Waals surface area (Å²) in [6, 6.07) is 0. The van der Waals surface area contributed by atoms with Crippen LogP contribution < -0.4 is 0 Å². The lowest BCUT2D eigenvalue weighted by Gasteiger charge is -1.89. The van der Waals surface area contributed by atoms with E-state index in [-0.39, 0.29) is 12.7 Å². The van der Waals surface area contributed by atoms with Gasteiger partial charge in [-0.2, -0.15) is 0 Å². The van der Waals surface area contributed by atoms with Crippen molar-refractivity contribution in [2.45, 2.75) is 26.4 Å². The minimum atomic E-state index is -0.847. The van der Waals surface area contributed by atoms with Crippen LogP contribution in [0.2, 0.25) is 0 Å². The number of rotatable bonds is 3. The first-order valence-electron chi connectivity index (χ1n) is 4.24. The van der Waals surface area contributed by atoms with Gasteiger partial charge < -0.3 is 14.9 Å². The largest absolute Gasteiger partial charge is 0.478 e. The van der Waals surface area contributed by atoms with Gasteiger partial charge in [0.05, 0.1) is 12.7 Å². The van der Waals surface area contributed by atoms with Crippen molar-refractivity contribution in [1.82, 2.24) is 0 Å². The lowest BCUT2D eigenvalue weighted by Crippen LogP contribution is -1.96. The highest BCUT2D eigenvalue weighted by Gasteiger charge is 2.20. The van der Waals surface area contributed by atoms with Crippen LogP contribution >= 0.6 is 0 Å². The van der Waals surface area contributed by atoms with E-state index >= 15 is 0 Å². The first-order chi connectivity index (χ1) is 6.11. The minimum absolute atomic E-state index is 0.250. The minimum Gasteiger partial charge on any atom is -0.478 e. The summed E-state index contributed by atoms with van der Waals surface area (Å²) in [6.07, 6.45) is 2.72. The van der Waals surface area contributed by atoms with Gasteiger partial charge in [0.25, 0.3) is 0 Å². The number of hydrogen-bond acceptors (Lipinski definition) is 3. The molecule has 76 valence electrons. The molecule has 1 heterocycles. The van der Waals surface area contributed by atoms with Crippen LogP contribution in [0.25, 0.3) is 0 Å². The lowest BCUT2D eigenvalue weighted by atomic mass is 10.2. The molecule has 0 aromatic rings. The summed E-state index contributed by atoms with van der Waals surface area (Å²) in [5, 5.41) is 16.0. The quantitative estimate of drug-likeness (QED) is 0.508. The van der Waals surface area contributed by atoms with E-state index < -0.39 is 5.97 Å². The van der Waals surface area contributed by atoms with Crippen LogP contribution in [-0.2, 0) is 9.53 Å². The predicted molar refractivity (Wildman–Crippen MR) is 48.5 cm³/mol. The van der Waals surface area contributed by atoms with Gasteiger partial charge >= 0.3 is 5.97 Å². The van der Waals surface area contributed by atoms with Crippen molar-refractivity contribution in [3.8, 4) is 0 Å². The number of aliphatic hydroxyl groups excluding tert-OH is 1. The van der Waals surface area contributed by atoms with Crippen LogP contribution in [0.1, 0.15) is 20.3 Å². The van der Waals surface area contributed by atoms with Crippen LogP contribution in [0.5, 0.6) is 0 Å². The molecular weight excluding hydrogens is 172 g/mol. The van der Waals surface area contributed by atoms with Crippen molar-refractivity contribution in [2.24, 2.45) is 0 Å². The summed E-state index contributed by atoms with van der Waals surface area (Å²) in [4.78, 5) is 10.2. The molecule has 13 heavy (non-hydrogen) atoms. The van der Waals surface area contributed by atoms with Crippen LogP contribution in [-0.4, -0.2) is 35.5 Å². The van der Waals surface area contributed by atoms with Crippen LogP contribution in [0.15, 0.2) is 11.6 Å². The smallest absolute Gasteiger partial charge is 0.330 e. The fraction of sp³-hybridized carbons (Fsp3) is 0.667. The zero-order valence-electron chi connectivity index (χ0n) is 7.99. The Morgan fingerprint density at radius 2 is 2.15 bits per heavy atom. The maximum Gasteiger partial charge on any atom is 0.330 e. The normalized spacial score (nSPS) is 20.2. The van der Waals surface area contributed by atoms with Gasteiger partial charge in [-0.1, -0.05) is 6.08 Å². The summed E-state index contributed by atoms with van der Waals surface area (Å²) in [7, 11) is 0. The molecule has 1 saturated heterocycles. The van der Waals surface area contributed by atoms with E-state index in [1.807, 2.05) is 0 Å². The average molecular weight is 188 g/mol. The number of hydrogen-bond donors (Lipinski definition) is 2. The number of aliphatic hydroxyl groups is 1. The predicted octanol–water partition coefficient (Wildman–Crippen LogP) is 0.805. The molecule has 0 aromatic carbocycles. The molecule has 0 radical (unpaired) electrons. The Bertz CT molecular complexity index is 182. The molecule has 1 unspecified atom stereocenters. The SMILES string of the molecule is CC(=CCC1CO1)C(=O)O.CCO. The lowest BCUT2D eigenvalue weighted by molar-refractivity contribution is -0.132. The van der Waals surface area contributed by atoms with Crippen molar-refractivity contribution in [2.75, 3.05) is 13.2 Å². The third-order valence-corrected chi connectivity index (χ3v) is 1.43. The highest BCUT2D eigenvalue weighted by molar-refractivity contribution is 5.85. The maximum atomic E-state index is 10.2. The van der Waals surface area contributed by atoms with Gasteiger partial charge in [-0.05, 0) is 20.3 Å². The molecule has 0 spiro atoms. The number of epoxide rings is 1. The maximum absolute atomic E-state index is 10.2. The molecule has 0 aliphatic carbocycles. The number of carboxylic acids is 1. The first-order valence-corrected chi connectivity index (χ1v) is 4.24. The molecule has 0 amide bonds. The Labute approximate surface area is 77.8 Å². The Balaban J connectivity index is 0.000000424. The van der Waals surface area contributed by atoms with Gasteiger partial charge in [0.1, 0.15) is 0 Å². The van der Waals surface area contributed by atoms with E-state index in [9.17, 15) is 4.79 Å². The molecule has 4 nitrogen and oxygen atoms in total. The summed E-state index contributed by atoms with van der Waals surface area (Å²) < 4.78 is 4.90. The van der Waals surface area contributed by atoms with E-state index in [1.165, 1.54) is 0 Å². The van der Waals surface area contributed by atoms with Gasteiger partial charge in [0.15, 0.2) is 0 Å². The Kier molecular flexibility index (Phi) is 6.18. The molecule has 4 heteroatoms. The van der Waals surface area contributed by atoms with Crippen molar-refractivity contribution in [3.05, 3.63) is 11.6 Å². The second-order valence-electron chi connectivity index (χ2n) is 2.70. The van der Waals surface area contributed by atoms with Crippen molar-refractivity contribution in [1.29, 1.82) is 0 Å². The highest BCUT2D eigenvalue weighted by Crippen LogP contribution is 2.14. The monoisotopic (exact) mass is 188 g/mol. The fourth-order valence-electron chi connectivity index (χ4n) is 0.600. The number of carboxylic acid groups (broad SMARTS) is 1. The third kappa shape index (κ3) is 7.49. The standard InChI is InChI=1S/C7H10O3.C2H6O/c1-5(7(8)9)2-3-6-4-10-6;1-2-3/h2,6H,3-4H2,1H3,(H,8,9);3H,2H2,1H3. The fourth-order valence-corrected chi connectivity index (χ4v) is 0.600. The zero-order chi connectivity index (χ0) is 10.3. The molecule has 1 rings (SSSR count). The van der Waals surface area contributed by atoms with Crippen molar-refractivity contribution in [3.63, 3.8) is 0 Å². The van der Waals surface area contributed by atoms with Crippen LogP contribution in [0.4, 0.5) is 0 Å². The second kappa shape index (κ2) is 6.62. The molecule has 1 aliphatic rings. The summed E-state index contributed by atoms with van der Waals surface area (Å²) in [5.41, 5.74) is 0.399. The third-order valence-electron chi connectivity index (χ3n) is 1.43. The Morgan fingerprint density at radius 3 is 2.46 bits per heavy atom. The average Bonchev–Trinajstić information content (AvgIpc) is 2.84. The van der Waals surface area contributed by atoms with Crippen LogP contribution in [0.3, 0.4) is 0 Å². The Hall–Kier alpha value is -0.870. The van der Waals surface area contributed by atoms with Crippen molar-refractivity contribution >= 4 is 5.97 Å². The second-order valence-corrected chi connectivity index (χ2v) is 2.70. The molecule has 0 aromatic heterocycles. The number of carbonyl (C=O) groups is 1. The molecule has 1 atom stereocenters. The van der Waals surface area contributed by atoms with E-state index in [2.05, 4.69) is 0 Å². The molecular formula is C9H16O4. The first kappa shape index (κ1) is 12.1. The number of aliphatic carboxylic acids is 1. The van der Waals surface area contributed by atoms with Gasteiger partial charge in [-0.3, -0.25) is 0 Å². The van der Waals surface area contributed by atoms with Crippen LogP contribution in [0, 0.1) is 0 Å². The van der Waals surface area contributed by atoms with Gasteiger partial charge in [-0.25, -0.2) is 4.79 Å². The highest BCUT2D eigenvalue weighted by atomic mass is 16.6. The molecule has 2 N–H and O–H groups in total. The number of ether oxygens (including phenoxy) is 1. The zero-order valence-corrected chi connectivity index (χ0v) is 7.99. The van der Waals surface area contributed by atoms with Gasteiger partial charge in [0, 0.05) is 12.2 Å². The summed E-state index contributed by atoms with van der Waals surface area (Å²) in [6.45, 7) is 4.30. The van der Waals surface area contributed by atoms with E-state index in [0.29, 0.717) is 5.57 Å². The van der Waals surface area contributed by atoms with Gasteiger partial charge in [0.2, 0.25) is 0 Å². The molecule has 1 aliphatic heterocycles. The van der Waals surface area contributed by atoms with E-state index in [0.717, 1.165) is 13.0 Å². The topological polar surface area (TPSA) is 70.1 Å². The molecule has 0 saturated carbocycles. The summed E-state index contributed by atoms with van der Waals surface area (Å²) in [5.74, 6) is -0.847. The van der Waals surface area contributed by atoms with E-state index in [1.54, 1.807) is 19.9 Å². The molecule has 1 fully saturated rings. The van der Waals surface area contributed by atoms with Crippen molar-refractivity contribution < 1.29 is 19.7 Å². The van der Waals surface area contributed by atoms with E-state index in [4.69, 9.17) is 14.9 Å². The Morgan fingerprint density at radius 1 is 1.69 bits per heavy atom. The molecule has 0 bridgehead atoms. The summed E-state index contributed by atoms with van der Waals surface area (Å²) >= 11 is 0.